The lowest BCUT2D eigenvalue weighted by Gasteiger charge is -2.30. The van der Waals surface area contributed by atoms with Crippen LogP contribution in [0.1, 0.15) is 32.6 Å². The maximum atomic E-state index is 13.5. The van der Waals surface area contributed by atoms with Gasteiger partial charge in [-0.05, 0) is 43.1 Å². The number of rotatable bonds is 2. The van der Waals surface area contributed by atoms with Crippen LogP contribution in [-0.4, -0.2) is 11.2 Å². The van der Waals surface area contributed by atoms with Gasteiger partial charge in [-0.3, -0.25) is 0 Å². The highest BCUT2D eigenvalue weighted by Crippen LogP contribution is 2.24. The first-order valence-electron chi connectivity index (χ1n) is 6.59. The Balaban J connectivity index is 1.95. The van der Waals surface area contributed by atoms with E-state index in [2.05, 4.69) is 17.6 Å². The number of nitrogens with one attached hydrogen (secondary N) is 2. The van der Waals surface area contributed by atoms with Gasteiger partial charge in [0.15, 0.2) is 5.11 Å². The van der Waals surface area contributed by atoms with Gasteiger partial charge in [-0.2, -0.15) is 0 Å². The van der Waals surface area contributed by atoms with Crippen LogP contribution in [0.3, 0.4) is 0 Å². The van der Waals surface area contributed by atoms with E-state index in [4.69, 9.17) is 12.2 Å². The fourth-order valence-corrected chi connectivity index (χ4v) is 2.71. The van der Waals surface area contributed by atoms with E-state index in [0.29, 0.717) is 17.1 Å². The van der Waals surface area contributed by atoms with Crippen molar-refractivity contribution in [2.24, 2.45) is 5.92 Å². The molecule has 2 rings (SSSR count). The van der Waals surface area contributed by atoms with Gasteiger partial charge in [0.05, 0.1) is 5.69 Å². The van der Waals surface area contributed by atoms with Crippen molar-refractivity contribution < 1.29 is 8.78 Å². The summed E-state index contributed by atoms with van der Waals surface area (Å²) in [6.07, 6.45) is 4.67. The molecule has 0 spiro atoms. The van der Waals surface area contributed by atoms with Crippen molar-refractivity contribution in [1.29, 1.82) is 0 Å². The van der Waals surface area contributed by atoms with E-state index in [0.717, 1.165) is 24.6 Å². The third kappa shape index (κ3) is 3.86. The second-order valence-electron chi connectivity index (χ2n) is 5.09. The zero-order valence-corrected chi connectivity index (χ0v) is 11.7. The smallest absolute Gasteiger partial charge is 0.171 e. The quantitative estimate of drug-likeness (QED) is 0.807. The van der Waals surface area contributed by atoms with Crippen LogP contribution in [0.5, 0.6) is 0 Å². The molecule has 2 N–H and O–H groups in total. The molecule has 0 amide bonds. The van der Waals surface area contributed by atoms with Crippen LogP contribution in [0.4, 0.5) is 14.5 Å². The largest absolute Gasteiger partial charge is 0.359 e. The summed E-state index contributed by atoms with van der Waals surface area (Å²) in [6.45, 7) is 2.18. The van der Waals surface area contributed by atoms with Crippen molar-refractivity contribution in [2.45, 2.75) is 38.6 Å². The van der Waals surface area contributed by atoms with Crippen LogP contribution in [-0.2, 0) is 0 Å². The minimum absolute atomic E-state index is 0.0703. The summed E-state index contributed by atoms with van der Waals surface area (Å²) >= 11 is 5.16. The third-order valence-electron chi connectivity index (χ3n) is 3.60. The van der Waals surface area contributed by atoms with Gasteiger partial charge in [0.2, 0.25) is 0 Å². The summed E-state index contributed by atoms with van der Waals surface area (Å²) < 4.78 is 26.5. The molecule has 0 aliphatic heterocycles. The third-order valence-corrected chi connectivity index (χ3v) is 3.82. The summed E-state index contributed by atoms with van der Waals surface area (Å²) in [7, 11) is 0. The van der Waals surface area contributed by atoms with Crippen LogP contribution < -0.4 is 10.6 Å². The van der Waals surface area contributed by atoms with Gasteiger partial charge >= 0.3 is 0 Å². The lowest BCUT2D eigenvalue weighted by atomic mass is 9.86. The highest BCUT2D eigenvalue weighted by atomic mass is 32.1. The molecule has 104 valence electrons. The Hall–Kier alpha value is -1.23. The summed E-state index contributed by atoms with van der Waals surface area (Å²) in [5, 5.41) is 6.27. The summed E-state index contributed by atoms with van der Waals surface area (Å²) in [4.78, 5) is 0. The Kier molecular flexibility index (Phi) is 4.69. The summed E-state index contributed by atoms with van der Waals surface area (Å²) in [5.74, 6) is -0.453. The highest BCUT2D eigenvalue weighted by Gasteiger charge is 2.21. The van der Waals surface area contributed by atoms with Crippen LogP contribution in [0.25, 0.3) is 0 Å². The van der Waals surface area contributed by atoms with E-state index in [-0.39, 0.29) is 5.69 Å². The Labute approximate surface area is 117 Å². The van der Waals surface area contributed by atoms with E-state index in [1.165, 1.54) is 19.3 Å². The molecule has 0 bridgehead atoms. The van der Waals surface area contributed by atoms with Gasteiger partial charge in [-0.25, -0.2) is 8.78 Å². The molecule has 19 heavy (non-hydrogen) atoms. The summed E-state index contributed by atoms with van der Waals surface area (Å²) in [6, 6.07) is 3.59. The number of hydrogen-bond donors (Lipinski definition) is 2. The molecule has 1 aliphatic rings. The number of halogens is 2. The molecule has 0 aromatic heterocycles. The van der Waals surface area contributed by atoms with E-state index >= 15 is 0 Å². The number of thiocarbonyl (C=S) groups is 1. The molecule has 1 aromatic rings. The molecule has 1 aromatic carbocycles. The average Bonchev–Trinajstić information content (AvgIpc) is 2.37. The van der Waals surface area contributed by atoms with Crippen molar-refractivity contribution in [3.05, 3.63) is 29.8 Å². The first-order chi connectivity index (χ1) is 9.06. The zero-order valence-electron chi connectivity index (χ0n) is 10.9. The van der Waals surface area contributed by atoms with Crippen molar-refractivity contribution in [3.63, 3.8) is 0 Å². The van der Waals surface area contributed by atoms with Crippen LogP contribution >= 0.6 is 12.2 Å². The first-order valence-corrected chi connectivity index (χ1v) is 6.99. The molecular weight excluding hydrogens is 266 g/mol. The molecule has 1 aliphatic carbocycles. The van der Waals surface area contributed by atoms with Crippen molar-refractivity contribution >= 4 is 23.0 Å². The molecule has 0 radical (unpaired) electrons. The van der Waals surface area contributed by atoms with Gasteiger partial charge in [0.1, 0.15) is 11.6 Å². The second kappa shape index (κ2) is 6.28. The van der Waals surface area contributed by atoms with Crippen LogP contribution in [0.15, 0.2) is 18.2 Å². The molecule has 2 nitrogen and oxygen atoms in total. The Morgan fingerprint density at radius 3 is 2.74 bits per heavy atom. The average molecular weight is 284 g/mol. The normalized spacial score (nSPS) is 22.9. The molecule has 1 saturated carbocycles. The number of anilines is 1. The van der Waals surface area contributed by atoms with E-state index in [9.17, 15) is 8.78 Å². The van der Waals surface area contributed by atoms with Gasteiger partial charge in [-0.15, -0.1) is 0 Å². The van der Waals surface area contributed by atoms with Crippen molar-refractivity contribution in [2.75, 3.05) is 5.32 Å². The molecule has 0 unspecified atom stereocenters. The van der Waals surface area contributed by atoms with Crippen LogP contribution in [0.2, 0.25) is 0 Å². The van der Waals surface area contributed by atoms with E-state index in [1.807, 2.05) is 0 Å². The Morgan fingerprint density at radius 1 is 1.26 bits per heavy atom. The van der Waals surface area contributed by atoms with E-state index in [1.54, 1.807) is 0 Å². The monoisotopic (exact) mass is 284 g/mol. The molecule has 5 heteroatoms. The summed E-state index contributed by atoms with van der Waals surface area (Å²) in [5.41, 5.74) is 0.0703. The van der Waals surface area contributed by atoms with Gasteiger partial charge in [0, 0.05) is 12.1 Å². The maximum Gasteiger partial charge on any atom is 0.171 e. The standard InChI is InChI=1S/C14H18F2N2S/c1-9-4-2-3-5-12(9)17-14(19)18-13-8-10(15)6-7-11(13)16/h6-9,12H,2-5H2,1H3,(H2,17,18,19)/t9-,12-/m1/s1. The Morgan fingerprint density at radius 2 is 2.00 bits per heavy atom. The fraction of sp³-hybridized carbons (Fsp3) is 0.500. The number of benzene rings is 1. The fourth-order valence-electron chi connectivity index (χ4n) is 2.45. The van der Waals surface area contributed by atoms with Gasteiger partial charge < -0.3 is 10.6 Å². The van der Waals surface area contributed by atoms with Crippen molar-refractivity contribution in [1.82, 2.24) is 5.32 Å². The minimum atomic E-state index is -0.512. The molecule has 0 heterocycles. The van der Waals surface area contributed by atoms with Crippen molar-refractivity contribution in [3.8, 4) is 0 Å². The topological polar surface area (TPSA) is 24.1 Å². The molecule has 0 saturated heterocycles. The van der Waals surface area contributed by atoms with Gasteiger partial charge in [-0.1, -0.05) is 19.8 Å². The van der Waals surface area contributed by atoms with Crippen LogP contribution in [0, 0.1) is 17.6 Å². The number of hydrogen-bond acceptors (Lipinski definition) is 1. The molecule has 1 fully saturated rings. The molecular formula is C14H18F2N2S. The SMILES string of the molecule is C[C@@H]1CCCC[C@H]1NC(=S)Nc1cc(F)ccc1F. The Bertz CT molecular complexity index is 465. The first kappa shape index (κ1) is 14.2. The lowest BCUT2D eigenvalue weighted by molar-refractivity contribution is 0.309. The molecule has 2 atom stereocenters. The predicted molar refractivity (Wildman–Crippen MR) is 77.1 cm³/mol. The second-order valence-corrected chi connectivity index (χ2v) is 5.50. The maximum absolute atomic E-state index is 13.5. The highest BCUT2D eigenvalue weighted by molar-refractivity contribution is 7.80. The van der Waals surface area contributed by atoms with Gasteiger partial charge in [0.25, 0.3) is 0 Å². The zero-order chi connectivity index (χ0) is 13.8. The minimum Gasteiger partial charge on any atom is -0.359 e. The lowest BCUT2D eigenvalue weighted by Crippen LogP contribution is -2.43. The predicted octanol–water partition coefficient (Wildman–Crippen LogP) is 3.83. The van der Waals surface area contributed by atoms with E-state index < -0.39 is 11.6 Å².